The largest absolute Gasteiger partial charge is 0.393 e. The summed E-state index contributed by atoms with van der Waals surface area (Å²) in [6.45, 7) is 3.82. The minimum absolute atomic E-state index is 0.0438. The van der Waals surface area contributed by atoms with E-state index in [0.29, 0.717) is 19.6 Å². The predicted molar refractivity (Wildman–Crippen MR) is 70.9 cm³/mol. The van der Waals surface area contributed by atoms with Gasteiger partial charge in [0.05, 0.1) is 24.2 Å². The normalized spacial score (nSPS) is 16.1. The molecule has 0 radical (unpaired) electrons. The van der Waals surface area contributed by atoms with Crippen molar-refractivity contribution in [3.05, 3.63) is 21.4 Å². The molecule has 1 aromatic rings. The molecule has 18 heavy (non-hydrogen) atoms. The molecule has 2 N–H and O–H groups in total. The lowest BCUT2D eigenvalue weighted by atomic mass is 10.2. The molecule has 1 aliphatic rings. The quantitative estimate of drug-likeness (QED) is 0.855. The van der Waals surface area contributed by atoms with Gasteiger partial charge in [-0.25, -0.2) is 0 Å². The van der Waals surface area contributed by atoms with E-state index in [1.165, 1.54) is 4.88 Å². The molecular weight excluding hydrogens is 250 g/mol. The van der Waals surface area contributed by atoms with Gasteiger partial charge < -0.3 is 15.2 Å². The average Bonchev–Trinajstić information content (AvgIpc) is 2.82. The number of carbonyl (C=O) groups excluding carboxylic acids is 1. The van der Waals surface area contributed by atoms with Gasteiger partial charge in [-0.3, -0.25) is 4.79 Å². The number of carbonyl (C=O) groups is 1. The molecule has 0 saturated heterocycles. The SMILES string of the molecule is CCC(O)CCNC(=O)c1cc2c(s1)CCOC2. The zero-order valence-corrected chi connectivity index (χ0v) is 11.4. The van der Waals surface area contributed by atoms with Gasteiger partial charge in [-0.05, 0) is 24.5 Å². The van der Waals surface area contributed by atoms with E-state index in [4.69, 9.17) is 4.74 Å². The number of amides is 1. The van der Waals surface area contributed by atoms with Crippen LogP contribution < -0.4 is 5.32 Å². The fourth-order valence-corrected chi connectivity index (χ4v) is 2.97. The highest BCUT2D eigenvalue weighted by molar-refractivity contribution is 7.14. The van der Waals surface area contributed by atoms with Gasteiger partial charge in [-0.2, -0.15) is 0 Å². The Morgan fingerprint density at radius 2 is 2.50 bits per heavy atom. The fourth-order valence-electron chi connectivity index (χ4n) is 1.90. The van der Waals surface area contributed by atoms with Crippen molar-refractivity contribution in [2.24, 2.45) is 0 Å². The molecule has 1 amide bonds. The lowest BCUT2D eigenvalue weighted by Gasteiger charge is -2.10. The Labute approximate surface area is 111 Å². The maximum atomic E-state index is 11.9. The summed E-state index contributed by atoms with van der Waals surface area (Å²) in [6.07, 6.45) is 1.91. The monoisotopic (exact) mass is 269 g/mol. The Morgan fingerprint density at radius 1 is 1.67 bits per heavy atom. The Balaban J connectivity index is 1.87. The lowest BCUT2D eigenvalue weighted by Crippen LogP contribution is -2.26. The van der Waals surface area contributed by atoms with Crippen LogP contribution in [-0.2, 0) is 17.8 Å². The van der Waals surface area contributed by atoms with E-state index < -0.39 is 0 Å². The van der Waals surface area contributed by atoms with Gasteiger partial charge in [0.15, 0.2) is 0 Å². The molecule has 1 aliphatic heterocycles. The number of rotatable bonds is 5. The molecule has 2 heterocycles. The second-order valence-corrected chi connectivity index (χ2v) is 5.61. The van der Waals surface area contributed by atoms with Crippen LogP contribution in [-0.4, -0.2) is 30.3 Å². The van der Waals surface area contributed by atoms with E-state index in [2.05, 4.69) is 5.32 Å². The number of hydrogen-bond acceptors (Lipinski definition) is 4. The van der Waals surface area contributed by atoms with Crippen molar-refractivity contribution in [2.45, 2.75) is 38.9 Å². The van der Waals surface area contributed by atoms with Gasteiger partial charge >= 0.3 is 0 Å². The molecule has 0 fully saturated rings. The number of ether oxygens (including phenoxy) is 1. The molecule has 0 aliphatic carbocycles. The summed E-state index contributed by atoms with van der Waals surface area (Å²) in [5.41, 5.74) is 1.14. The first-order chi connectivity index (χ1) is 8.70. The van der Waals surface area contributed by atoms with Crippen molar-refractivity contribution in [1.29, 1.82) is 0 Å². The van der Waals surface area contributed by atoms with Crippen molar-refractivity contribution in [2.75, 3.05) is 13.2 Å². The number of fused-ring (bicyclic) bond motifs is 1. The standard InChI is InChI=1S/C13H19NO3S/c1-2-10(15)3-5-14-13(16)12-7-9-8-17-6-4-11(9)18-12/h7,10,15H,2-6,8H2,1H3,(H,14,16). The van der Waals surface area contributed by atoms with E-state index in [1.807, 2.05) is 13.0 Å². The van der Waals surface area contributed by atoms with Crippen molar-refractivity contribution < 1.29 is 14.6 Å². The summed E-state index contributed by atoms with van der Waals surface area (Å²) >= 11 is 1.55. The Hall–Kier alpha value is -0.910. The smallest absolute Gasteiger partial charge is 0.261 e. The highest BCUT2D eigenvalue weighted by Crippen LogP contribution is 2.26. The Morgan fingerprint density at radius 3 is 3.22 bits per heavy atom. The van der Waals surface area contributed by atoms with Gasteiger partial charge in [-0.15, -0.1) is 11.3 Å². The third kappa shape index (κ3) is 3.31. The van der Waals surface area contributed by atoms with Crippen molar-refractivity contribution >= 4 is 17.2 Å². The molecule has 0 bridgehead atoms. The topological polar surface area (TPSA) is 58.6 Å². The average molecular weight is 269 g/mol. The molecule has 1 atom stereocenters. The third-order valence-corrected chi connectivity index (χ3v) is 4.32. The van der Waals surface area contributed by atoms with Crippen LogP contribution in [0.25, 0.3) is 0 Å². The van der Waals surface area contributed by atoms with Crippen LogP contribution in [0.2, 0.25) is 0 Å². The van der Waals surface area contributed by atoms with Gasteiger partial charge in [-0.1, -0.05) is 6.92 Å². The highest BCUT2D eigenvalue weighted by Gasteiger charge is 2.17. The minimum atomic E-state index is -0.324. The summed E-state index contributed by atoms with van der Waals surface area (Å²) in [7, 11) is 0. The van der Waals surface area contributed by atoms with E-state index in [-0.39, 0.29) is 12.0 Å². The molecule has 2 rings (SSSR count). The molecule has 0 saturated carbocycles. The van der Waals surface area contributed by atoms with Gasteiger partial charge in [0.25, 0.3) is 5.91 Å². The van der Waals surface area contributed by atoms with Gasteiger partial charge in [0.2, 0.25) is 0 Å². The molecule has 4 nitrogen and oxygen atoms in total. The summed E-state index contributed by atoms with van der Waals surface area (Å²) in [6, 6.07) is 1.92. The molecule has 0 spiro atoms. The molecule has 0 aromatic carbocycles. The summed E-state index contributed by atoms with van der Waals surface area (Å²) in [5.74, 6) is -0.0438. The van der Waals surface area contributed by atoms with Crippen molar-refractivity contribution in [3.63, 3.8) is 0 Å². The number of aliphatic hydroxyl groups excluding tert-OH is 1. The van der Waals surface area contributed by atoms with Crippen LogP contribution in [0.1, 0.15) is 39.9 Å². The molecule has 5 heteroatoms. The second kappa shape index (κ2) is 6.31. The van der Waals surface area contributed by atoms with Crippen LogP contribution >= 0.6 is 11.3 Å². The van der Waals surface area contributed by atoms with Crippen LogP contribution in [0, 0.1) is 0 Å². The molecule has 1 aromatic heterocycles. The number of aliphatic hydroxyl groups is 1. The van der Waals surface area contributed by atoms with Crippen LogP contribution in [0.5, 0.6) is 0 Å². The molecule has 100 valence electrons. The molecule has 1 unspecified atom stereocenters. The second-order valence-electron chi connectivity index (χ2n) is 4.47. The van der Waals surface area contributed by atoms with Gasteiger partial charge in [0.1, 0.15) is 0 Å². The highest BCUT2D eigenvalue weighted by atomic mass is 32.1. The Bertz CT molecular complexity index is 393. The minimum Gasteiger partial charge on any atom is -0.393 e. The zero-order valence-electron chi connectivity index (χ0n) is 10.6. The zero-order chi connectivity index (χ0) is 13.0. The van der Waals surface area contributed by atoms with E-state index >= 15 is 0 Å². The van der Waals surface area contributed by atoms with E-state index in [0.717, 1.165) is 29.9 Å². The van der Waals surface area contributed by atoms with Crippen LogP contribution in [0.3, 0.4) is 0 Å². The van der Waals surface area contributed by atoms with E-state index in [9.17, 15) is 9.90 Å². The number of hydrogen-bond donors (Lipinski definition) is 2. The van der Waals surface area contributed by atoms with Crippen molar-refractivity contribution in [3.8, 4) is 0 Å². The predicted octanol–water partition coefficient (Wildman–Crippen LogP) is 1.71. The number of nitrogens with one attached hydrogen (secondary N) is 1. The van der Waals surface area contributed by atoms with E-state index in [1.54, 1.807) is 11.3 Å². The summed E-state index contributed by atoms with van der Waals surface area (Å²) in [5, 5.41) is 12.3. The maximum Gasteiger partial charge on any atom is 0.261 e. The first-order valence-corrected chi connectivity index (χ1v) is 7.18. The first kappa shape index (κ1) is 13.5. The first-order valence-electron chi connectivity index (χ1n) is 6.36. The fraction of sp³-hybridized carbons (Fsp3) is 0.615. The number of thiophene rings is 1. The Kier molecular flexibility index (Phi) is 4.74. The summed E-state index contributed by atoms with van der Waals surface area (Å²) in [4.78, 5) is 13.9. The van der Waals surface area contributed by atoms with Crippen LogP contribution in [0.15, 0.2) is 6.07 Å². The molecular formula is C13H19NO3S. The van der Waals surface area contributed by atoms with Crippen LogP contribution in [0.4, 0.5) is 0 Å². The maximum absolute atomic E-state index is 11.9. The van der Waals surface area contributed by atoms with Crippen molar-refractivity contribution in [1.82, 2.24) is 5.32 Å². The lowest BCUT2D eigenvalue weighted by molar-refractivity contribution is 0.0945. The summed E-state index contributed by atoms with van der Waals surface area (Å²) < 4.78 is 5.36. The third-order valence-electron chi connectivity index (χ3n) is 3.09. The van der Waals surface area contributed by atoms with Gasteiger partial charge in [0, 0.05) is 17.8 Å².